The molecule has 0 aliphatic carbocycles. The first-order valence-electron chi connectivity index (χ1n) is 10.5. The van der Waals surface area contributed by atoms with Crippen molar-refractivity contribution < 1.29 is 31.6 Å². The zero-order valence-electron chi connectivity index (χ0n) is 19.3. The Morgan fingerprint density at radius 3 is 2.64 bits per heavy atom. The van der Waals surface area contributed by atoms with Gasteiger partial charge in [-0.2, -0.15) is 5.10 Å². The lowest BCUT2D eigenvalue weighted by molar-refractivity contribution is -0.119. The van der Waals surface area contributed by atoms with Gasteiger partial charge in [0.1, 0.15) is 21.8 Å². The molecular formula is C23H22FN5O6S. The Morgan fingerprint density at radius 2 is 1.92 bits per heavy atom. The average Bonchev–Trinajstić information content (AvgIpc) is 3.48. The second-order valence-corrected chi connectivity index (χ2v) is 9.24. The molecule has 0 unspecified atom stereocenters. The van der Waals surface area contributed by atoms with Gasteiger partial charge in [0.15, 0.2) is 17.2 Å². The van der Waals surface area contributed by atoms with Gasteiger partial charge in [0.05, 0.1) is 27.0 Å². The predicted molar refractivity (Wildman–Crippen MR) is 128 cm³/mol. The lowest BCUT2D eigenvalue weighted by atomic mass is 10.1. The maximum atomic E-state index is 13.0. The quantitative estimate of drug-likeness (QED) is 0.308. The predicted octanol–water partition coefficient (Wildman–Crippen LogP) is 2.99. The van der Waals surface area contributed by atoms with Gasteiger partial charge in [0, 0.05) is 18.3 Å². The van der Waals surface area contributed by atoms with E-state index < -0.39 is 21.8 Å². The number of amides is 1. The van der Waals surface area contributed by atoms with Crippen molar-refractivity contribution in [3.8, 4) is 11.5 Å². The summed E-state index contributed by atoms with van der Waals surface area (Å²) in [7, 11) is -1.22. The molecule has 4 rings (SSSR count). The molecule has 36 heavy (non-hydrogen) atoms. The molecule has 2 heterocycles. The Hall–Kier alpha value is -4.39. The SMILES string of the molecule is C=C(F)C(=O)NCc1cnn(Cc2cc(OC)c3c(NS(=O)(=O)c4ccccc4OC)noc3c2)c1. The molecule has 13 heteroatoms. The number of anilines is 1. The second kappa shape index (κ2) is 10.1. The third-order valence-corrected chi connectivity index (χ3v) is 6.52. The highest BCUT2D eigenvalue weighted by atomic mass is 32.2. The van der Waals surface area contributed by atoms with E-state index in [1.54, 1.807) is 35.1 Å². The maximum Gasteiger partial charge on any atom is 0.279 e. The molecule has 0 bridgehead atoms. The number of nitrogens with one attached hydrogen (secondary N) is 2. The van der Waals surface area contributed by atoms with Crippen molar-refractivity contribution >= 4 is 32.7 Å². The number of halogens is 1. The van der Waals surface area contributed by atoms with Crippen molar-refractivity contribution in [2.45, 2.75) is 18.0 Å². The number of hydrogen-bond acceptors (Lipinski definition) is 8. The Balaban J connectivity index is 1.57. The molecule has 0 aliphatic heterocycles. The van der Waals surface area contributed by atoms with Crippen LogP contribution >= 0.6 is 0 Å². The maximum absolute atomic E-state index is 13.0. The first kappa shape index (κ1) is 24.7. The van der Waals surface area contributed by atoms with Gasteiger partial charge in [0.2, 0.25) is 0 Å². The standard InChI is InChI=1S/C23H22FN5O6S/c1-14(24)23(30)25-10-16-11-26-29(13-16)12-15-8-18(34-3)21-19(9-15)35-27-22(21)28-36(31,32)20-7-5-4-6-17(20)33-2/h4-9,11,13H,1,10,12H2,2-3H3,(H,25,30)(H,27,28). The van der Waals surface area contributed by atoms with Crippen LogP contribution < -0.4 is 19.5 Å². The summed E-state index contributed by atoms with van der Waals surface area (Å²) in [6.07, 6.45) is 3.22. The molecule has 0 saturated heterocycles. The summed E-state index contributed by atoms with van der Waals surface area (Å²) in [5.74, 6) is -1.48. The summed E-state index contributed by atoms with van der Waals surface area (Å²) in [6.45, 7) is 3.33. The zero-order valence-corrected chi connectivity index (χ0v) is 20.1. The van der Waals surface area contributed by atoms with Crippen LogP contribution in [-0.2, 0) is 27.9 Å². The molecule has 11 nitrogen and oxygen atoms in total. The third-order valence-electron chi connectivity index (χ3n) is 5.14. The molecule has 0 radical (unpaired) electrons. The number of benzene rings is 2. The van der Waals surface area contributed by atoms with Gasteiger partial charge in [-0.3, -0.25) is 14.2 Å². The molecule has 0 saturated carbocycles. The monoisotopic (exact) mass is 515 g/mol. The fourth-order valence-electron chi connectivity index (χ4n) is 3.48. The minimum atomic E-state index is -4.04. The van der Waals surface area contributed by atoms with Gasteiger partial charge in [-0.1, -0.05) is 23.9 Å². The highest BCUT2D eigenvalue weighted by molar-refractivity contribution is 7.92. The number of methoxy groups -OCH3 is 2. The number of carbonyl (C=O) groups excluding carboxylic acids is 1. The van der Waals surface area contributed by atoms with Crippen LogP contribution in [0.4, 0.5) is 10.2 Å². The molecule has 0 spiro atoms. The van der Waals surface area contributed by atoms with Gasteiger partial charge in [0.25, 0.3) is 15.9 Å². The summed E-state index contributed by atoms with van der Waals surface area (Å²) in [5, 5.41) is 10.8. The first-order chi connectivity index (χ1) is 17.2. The number of rotatable bonds is 10. The van der Waals surface area contributed by atoms with Crippen molar-refractivity contribution in [3.05, 3.63) is 72.3 Å². The van der Waals surface area contributed by atoms with Crippen LogP contribution in [0.2, 0.25) is 0 Å². The first-order valence-corrected chi connectivity index (χ1v) is 12.0. The number of ether oxygens (including phenoxy) is 2. The molecular weight excluding hydrogens is 493 g/mol. The topological polar surface area (TPSA) is 138 Å². The van der Waals surface area contributed by atoms with E-state index in [9.17, 15) is 17.6 Å². The minimum absolute atomic E-state index is 0.0362. The molecule has 0 fully saturated rings. The lowest BCUT2D eigenvalue weighted by Crippen LogP contribution is -2.22. The number of hydrogen-bond donors (Lipinski definition) is 2. The van der Waals surface area contributed by atoms with Gasteiger partial charge in [-0.25, -0.2) is 12.8 Å². The normalized spacial score (nSPS) is 11.3. The van der Waals surface area contributed by atoms with Gasteiger partial charge in [-0.05, 0) is 29.8 Å². The Labute approximate surface area is 205 Å². The average molecular weight is 516 g/mol. The zero-order chi connectivity index (χ0) is 25.9. The number of aromatic nitrogens is 3. The van der Waals surface area contributed by atoms with Gasteiger partial charge in [-0.15, -0.1) is 0 Å². The van der Waals surface area contributed by atoms with Crippen LogP contribution in [0.1, 0.15) is 11.1 Å². The van der Waals surface area contributed by atoms with E-state index in [0.29, 0.717) is 28.8 Å². The van der Waals surface area contributed by atoms with Crippen LogP contribution in [-0.4, -0.2) is 43.5 Å². The number of carbonyl (C=O) groups is 1. The van der Waals surface area contributed by atoms with Crippen molar-refractivity contribution in [2.24, 2.45) is 0 Å². The highest BCUT2D eigenvalue weighted by Gasteiger charge is 2.24. The Morgan fingerprint density at radius 1 is 1.17 bits per heavy atom. The van der Waals surface area contributed by atoms with Crippen molar-refractivity contribution in [1.82, 2.24) is 20.3 Å². The summed E-state index contributed by atoms with van der Waals surface area (Å²) in [6, 6.07) is 9.58. The lowest BCUT2D eigenvalue weighted by Gasteiger charge is -2.11. The molecule has 0 atom stereocenters. The van der Waals surface area contributed by atoms with E-state index in [0.717, 1.165) is 5.56 Å². The van der Waals surface area contributed by atoms with E-state index in [-0.39, 0.29) is 23.0 Å². The van der Waals surface area contributed by atoms with E-state index in [2.05, 4.69) is 26.9 Å². The van der Waals surface area contributed by atoms with Gasteiger partial charge >= 0.3 is 0 Å². The smallest absolute Gasteiger partial charge is 0.279 e. The largest absolute Gasteiger partial charge is 0.496 e. The highest BCUT2D eigenvalue weighted by Crippen LogP contribution is 2.35. The van der Waals surface area contributed by atoms with Crippen molar-refractivity contribution in [3.63, 3.8) is 0 Å². The van der Waals surface area contributed by atoms with E-state index >= 15 is 0 Å². The molecule has 188 valence electrons. The minimum Gasteiger partial charge on any atom is -0.496 e. The number of nitrogens with zero attached hydrogens (tertiary/aromatic N) is 3. The molecule has 2 aromatic carbocycles. The third kappa shape index (κ3) is 5.15. The molecule has 2 aromatic heterocycles. The van der Waals surface area contributed by atoms with E-state index in [4.69, 9.17) is 14.0 Å². The Bertz CT molecular complexity index is 1550. The van der Waals surface area contributed by atoms with Crippen LogP contribution in [0.25, 0.3) is 11.0 Å². The summed E-state index contributed by atoms with van der Waals surface area (Å²) < 4.78 is 58.9. The number of sulfonamides is 1. The Kier molecular flexibility index (Phi) is 6.92. The summed E-state index contributed by atoms with van der Waals surface area (Å²) in [4.78, 5) is 11.3. The summed E-state index contributed by atoms with van der Waals surface area (Å²) >= 11 is 0. The molecule has 0 aliphatic rings. The fraction of sp³-hybridized carbons (Fsp3) is 0.174. The molecule has 4 aromatic rings. The number of para-hydroxylation sites is 1. The van der Waals surface area contributed by atoms with Crippen LogP contribution in [0, 0.1) is 0 Å². The number of fused-ring (bicyclic) bond motifs is 1. The van der Waals surface area contributed by atoms with Crippen molar-refractivity contribution in [1.29, 1.82) is 0 Å². The van der Waals surface area contributed by atoms with Crippen LogP contribution in [0.3, 0.4) is 0 Å². The summed E-state index contributed by atoms with van der Waals surface area (Å²) in [5.41, 5.74) is 1.68. The van der Waals surface area contributed by atoms with Crippen LogP contribution in [0.5, 0.6) is 11.5 Å². The van der Waals surface area contributed by atoms with Crippen LogP contribution in [0.15, 0.2) is 70.6 Å². The molecule has 1 amide bonds. The molecule has 2 N–H and O–H groups in total. The van der Waals surface area contributed by atoms with Gasteiger partial charge < -0.3 is 19.3 Å². The van der Waals surface area contributed by atoms with Crippen molar-refractivity contribution in [2.75, 3.05) is 18.9 Å². The van der Waals surface area contributed by atoms with E-state index in [1.165, 1.54) is 32.5 Å². The van der Waals surface area contributed by atoms with E-state index in [1.807, 2.05) is 0 Å². The fourth-order valence-corrected chi connectivity index (χ4v) is 4.66. The second-order valence-electron chi connectivity index (χ2n) is 7.59.